The molecule has 0 aliphatic rings. The summed E-state index contributed by atoms with van der Waals surface area (Å²) in [5.41, 5.74) is -0.00343. The van der Waals surface area contributed by atoms with Gasteiger partial charge in [0.1, 0.15) is 16.6 Å². The summed E-state index contributed by atoms with van der Waals surface area (Å²) < 4.78 is 7.03. The molecule has 0 atom stereocenters. The van der Waals surface area contributed by atoms with E-state index in [0.717, 1.165) is 0 Å². The molecule has 7 heteroatoms. The summed E-state index contributed by atoms with van der Waals surface area (Å²) in [6.07, 6.45) is 1.16. The van der Waals surface area contributed by atoms with Gasteiger partial charge in [-0.2, -0.15) is 9.61 Å². The average molecular weight is 311 g/mol. The smallest absolute Gasteiger partial charge is 0.416 e. The molecule has 114 valence electrons. The molecule has 0 spiro atoms. The highest BCUT2D eigenvalue weighted by Gasteiger charge is 2.28. The van der Waals surface area contributed by atoms with Crippen LogP contribution in [0, 0.1) is 0 Å². The van der Waals surface area contributed by atoms with E-state index in [1.807, 2.05) is 34.6 Å². The van der Waals surface area contributed by atoms with Crippen LogP contribution in [0.4, 0.5) is 10.6 Å². The number of aromatic nitrogens is 3. The van der Waals surface area contributed by atoms with Crippen LogP contribution in [0.1, 0.15) is 34.6 Å². The molecule has 0 N–H and O–H groups in total. The molecular formula is C14H19ClN4O2. The molecule has 21 heavy (non-hydrogen) atoms. The lowest BCUT2D eigenvalue weighted by Crippen LogP contribution is -2.42. The van der Waals surface area contributed by atoms with Gasteiger partial charge in [0.25, 0.3) is 0 Å². The van der Waals surface area contributed by atoms with E-state index in [0.29, 0.717) is 16.6 Å². The molecule has 0 saturated carbocycles. The summed E-state index contributed by atoms with van der Waals surface area (Å²) in [6.45, 7) is 9.27. The topological polar surface area (TPSA) is 59.7 Å². The van der Waals surface area contributed by atoms with Crippen LogP contribution < -0.4 is 4.90 Å². The van der Waals surface area contributed by atoms with Crippen LogP contribution in [0.15, 0.2) is 18.3 Å². The lowest BCUT2D eigenvalue weighted by Gasteiger charge is -2.30. The molecule has 1 amide bonds. The predicted molar refractivity (Wildman–Crippen MR) is 81.8 cm³/mol. The summed E-state index contributed by atoms with van der Waals surface area (Å²) in [6, 6.07) is 3.21. The van der Waals surface area contributed by atoms with Crippen molar-refractivity contribution in [3.05, 3.63) is 23.5 Å². The highest BCUT2D eigenvalue weighted by Crippen LogP contribution is 2.24. The fourth-order valence-electron chi connectivity index (χ4n) is 1.92. The fourth-order valence-corrected chi connectivity index (χ4v) is 2.10. The van der Waals surface area contributed by atoms with Crippen molar-refractivity contribution in [1.82, 2.24) is 14.6 Å². The largest absolute Gasteiger partial charge is 0.443 e. The summed E-state index contributed by atoms with van der Waals surface area (Å²) in [4.78, 5) is 18.1. The monoisotopic (exact) mass is 310 g/mol. The zero-order chi connectivity index (χ0) is 15.8. The van der Waals surface area contributed by atoms with Gasteiger partial charge in [0.2, 0.25) is 0 Å². The Labute approximate surface area is 128 Å². The Morgan fingerprint density at radius 2 is 2.10 bits per heavy atom. The van der Waals surface area contributed by atoms with Gasteiger partial charge in [0.15, 0.2) is 5.65 Å². The maximum atomic E-state index is 12.5. The third-order valence-corrected chi connectivity index (χ3v) is 2.86. The number of anilines is 1. The number of nitrogens with zero attached hydrogens (tertiary/aromatic N) is 4. The SMILES string of the molecule is CC(C)N(C(=O)OC(C)(C)C)c1cc(Cl)nc2ccnn12. The highest BCUT2D eigenvalue weighted by atomic mass is 35.5. The maximum Gasteiger partial charge on any atom is 0.416 e. The van der Waals surface area contributed by atoms with Crippen LogP contribution in [0.3, 0.4) is 0 Å². The van der Waals surface area contributed by atoms with Crippen molar-refractivity contribution < 1.29 is 9.53 Å². The van der Waals surface area contributed by atoms with Gasteiger partial charge in [0.05, 0.1) is 6.20 Å². The fraction of sp³-hybridized carbons (Fsp3) is 0.500. The van der Waals surface area contributed by atoms with Crippen LogP contribution in [0.25, 0.3) is 5.65 Å². The number of carbonyl (C=O) groups excluding carboxylic acids is 1. The van der Waals surface area contributed by atoms with E-state index in [9.17, 15) is 4.79 Å². The molecule has 0 aliphatic carbocycles. The van der Waals surface area contributed by atoms with Crippen molar-refractivity contribution in [2.45, 2.75) is 46.3 Å². The Bertz CT molecular complexity index is 661. The first kappa shape index (κ1) is 15.6. The van der Waals surface area contributed by atoms with E-state index in [1.165, 1.54) is 4.90 Å². The second kappa shape index (κ2) is 5.52. The van der Waals surface area contributed by atoms with E-state index in [1.54, 1.807) is 22.8 Å². The molecule has 0 aliphatic heterocycles. The first-order valence-electron chi connectivity index (χ1n) is 6.71. The zero-order valence-corrected chi connectivity index (χ0v) is 13.5. The molecule has 0 radical (unpaired) electrons. The van der Waals surface area contributed by atoms with Crippen LogP contribution in [-0.4, -0.2) is 32.3 Å². The van der Waals surface area contributed by atoms with Gasteiger partial charge < -0.3 is 4.74 Å². The molecule has 2 heterocycles. The number of carbonyl (C=O) groups is 1. The Balaban J connectivity index is 2.50. The number of hydrogen-bond acceptors (Lipinski definition) is 4. The molecule has 2 rings (SSSR count). The van der Waals surface area contributed by atoms with Crippen molar-refractivity contribution in [2.75, 3.05) is 4.90 Å². The van der Waals surface area contributed by atoms with E-state index < -0.39 is 11.7 Å². The van der Waals surface area contributed by atoms with Crippen molar-refractivity contribution in [3.8, 4) is 0 Å². The van der Waals surface area contributed by atoms with Gasteiger partial charge >= 0.3 is 6.09 Å². The third-order valence-electron chi connectivity index (χ3n) is 2.66. The lowest BCUT2D eigenvalue weighted by atomic mass is 10.2. The average Bonchev–Trinajstić information content (AvgIpc) is 2.73. The molecule has 6 nitrogen and oxygen atoms in total. The van der Waals surface area contributed by atoms with Crippen LogP contribution >= 0.6 is 11.6 Å². The summed E-state index contributed by atoms with van der Waals surface area (Å²) >= 11 is 6.04. The third kappa shape index (κ3) is 3.44. The molecule has 0 unspecified atom stereocenters. The van der Waals surface area contributed by atoms with E-state index in [4.69, 9.17) is 16.3 Å². The van der Waals surface area contributed by atoms with Crippen LogP contribution in [0.2, 0.25) is 5.15 Å². The van der Waals surface area contributed by atoms with Crippen molar-refractivity contribution in [2.24, 2.45) is 0 Å². The number of halogens is 1. The first-order valence-corrected chi connectivity index (χ1v) is 7.09. The van der Waals surface area contributed by atoms with Crippen molar-refractivity contribution in [1.29, 1.82) is 0 Å². The second-order valence-electron chi connectivity index (χ2n) is 5.98. The number of amides is 1. The van der Waals surface area contributed by atoms with Crippen LogP contribution in [-0.2, 0) is 4.74 Å². The Kier molecular flexibility index (Phi) is 4.09. The molecule has 0 fully saturated rings. The van der Waals surface area contributed by atoms with E-state index in [2.05, 4.69) is 10.1 Å². The van der Waals surface area contributed by atoms with Gasteiger partial charge in [-0.25, -0.2) is 9.78 Å². The van der Waals surface area contributed by atoms with Gasteiger partial charge in [-0.05, 0) is 34.6 Å². The summed E-state index contributed by atoms with van der Waals surface area (Å²) in [7, 11) is 0. The van der Waals surface area contributed by atoms with E-state index in [-0.39, 0.29) is 6.04 Å². The van der Waals surface area contributed by atoms with Gasteiger partial charge in [-0.15, -0.1) is 0 Å². The number of ether oxygens (including phenoxy) is 1. The summed E-state index contributed by atoms with van der Waals surface area (Å²) in [5.74, 6) is 0.527. The molecule has 0 saturated heterocycles. The van der Waals surface area contributed by atoms with Gasteiger partial charge in [-0.1, -0.05) is 11.6 Å². The maximum absolute atomic E-state index is 12.5. The lowest BCUT2D eigenvalue weighted by molar-refractivity contribution is 0.0568. The van der Waals surface area contributed by atoms with Crippen molar-refractivity contribution in [3.63, 3.8) is 0 Å². The van der Waals surface area contributed by atoms with Crippen molar-refractivity contribution >= 4 is 29.2 Å². The minimum atomic E-state index is -0.579. The zero-order valence-electron chi connectivity index (χ0n) is 12.8. The number of hydrogen-bond donors (Lipinski definition) is 0. The molecule has 0 aromatic carbocycles. The highest BCUT2D eigenvalue weighted by molar-refractivity contribution is 6.29. The minimum absolute atomic E-state index is 0.120. The quantitative estimate of drug-likeness (QED) is 0.796. The standard InChI is InChI=1S/C14H19ClN4O2/c1-9(2)18(13(20)21-14(3,4)5)12-8-10(15)17-11-6-7-16-19(11)12/h6-9H,1-5H3. The van der Waals surface area contributed by atoms with E-state index >= 15 is 0 Å². The molecular weight excluding hydrogens is 292 g/mol. The minimum Gasteiger partial charge on any atom is -0.443 e. The number of rotatable bonds is 2. The molecule has 0 bridgehead atoms. The first-order chi connectivity index (χ1) is 9.69. The molecule has 2 aromatic heterocycles. The number of fused-ring (bicyclic) bond motifs is 1. The Hall–Kier alpha value is -1.82. The Morgan fingerprint density at radius 3 is 2.67 bits per heavy atom. The Morgan fingerprint density at radius 1 is 1.43 bits per heavy atom. The normalized spacial score (nSPS) is 12.0. The van der Waals surface area contributed by atoms with Crippen LogP contribution in [0.5, 0.6) is 0 Å². The predicted octanol–water partition coefficient (Wildman–Crippen LogP) is 3.53. The van der Waals surface area contributed by atoms with Gasteiger partial charge in [0, 0.05) is 18.2 Å². The summed E-state index contributed by atoms with van der Waals surface area (Å²) in [5, 5.41) is 4.49. The van der Waals surface area contributed by atoms with Gasteiger partial charge in [-0.3, -0.25) is 4.90 Å². The second-order valence-corrected chi connectivity index (χ2v) is 6.37. The molecule has 2 aromatic rings.